The number of hydrogen-bond acceptors (Lipinski definition) is 2. The van der Waals surface area contributed by atoms with Crippen LogP contribution in [0.2, 0.25) is 0 Å². The van der Waals surface area contributed by atoms with Gasteiger partial charge in [0.25, 0.3) is 5.91 Å². The summed E-state index contributed by atoms with van der Waals surface area (Å²) in [5.41, 5.74) is 7.18. The number of nitrogens with two attached hydrogens (primary N) is 1. The van der Waals surface area contributed by atoms with E-state index >= 15 is 0 Å². The second kappa shape index (κ2) is 5.56. The summed E-state index contributed by atoms with van der Waals surface area (Å²) in [4.78, 5) is 12.0. The van der Waals surface area contributed by atoms with Crippen molar-refractivity contribution >= 4 is 39.9 Å². The van der Waals surface area contributed by atoms with Crippen molar-refractivity contribution in [3.8, 4) is 0 Å². The van der Waals surface area contributed by atoms with Gasteiger partial charge in [-0.3, -0.25) is 4.79 Å². The molecule has 2 rings (SSSR count). The molecule has 0 saturated carbocycles. The van der Waals surface area contributed by atoms with Crippen molar-refractivity contribution in [3.63, 3.8) is 0 Å². The average molecular weight is 370 g/mol. The molecule has 0 heterocycles. The molecule has 0 saturated heterocycles. The fourth-order valence-corrected chi connectivity index (χ4v) is 2.11. The molecule has 0 unspecified atom stereocenters. The number of nitrogen functional groups attached to an aromatic ring is 1. The van der Waals surface area contributed by atoms with Gasteiger partial charge in [0.2, 0.25) is 0 Å². The number of carbonyl (C=O) groups is 1. The van der Waals surface area contributed by atoms with Crippen molar-refractivity contribution in [2.75, 3.05) is 11.1 Å². The van der Waals surface area contributed by atoms with E-state index in [4.69, 9.17) is 5.73 Å². The summed E-state index contributed by atoms with van der Waals surface area (Å²) in [7, 11) is 0. The van der Waals surface area contributed by atoms with E-state index in [9.17, 15) is 9.18 Å². The van der Waals surface area contributed by atoms with Gasteiger partial charge in [-0.1, -0.05) is 12.1 Å². The molecule has 3 N–H and O–H groups in total. The van der Waals surface area contributed by atoms with Gasteiger partial charge in [-0.2, -0.15) is 0 Å². The fraction of sp³-hybridized carbons (Fsp3) is 0.0714. The maximum atomic E-state index is 13.6. The summed E-state index contributed by atoms with van der Waals surface area (Å²) in [6.07, 6.45) is 0. The highest BCUT2D eigenvalue weighted by molar-refractivity contribution is 14.1. The van der Waals surface area contributed by atoms with Crippen molar-refractivity contribution in [1.29, 1.82) is 0 Å². The van der Waals surface area contributed by atoms with E-state index in [0.29, 0.717) is 11.3 Å². The normalized spacial score (nSPS) is 10.3. The molecule has 1 amide bonds. The smallest absolute Gasteiger partial charge is 0.255 e. The monoisotopic (exact) mass is 370 g/mol. The minimum Gasteiger partial charge on any atom is -0.398 e. The predicted octanol–water partition coefficient (Wildman–Crippen LogP) is 3.57. The van der Waals surface area contributed by atoms with E-state index < -0.39 is 5.82 Å². The second-order valence-corrected chi connectivity index (χ2v) is 5.27. The highest BCUT2D eigenvalue weighted by atomic mass is 127. The summed E-state index contributed by atoms with van der Waals surface area (Å²) in [5, 5.41) is 2.73. The number of rotatable bonds is 2. The van der Waals surface area contributed by atoms with Gasteiger partial charge in [0, 0.05) is 20.4 Å². The van der Waals surface area contributed by atoms with Crippen LogP contribution in [0.3, 0.4) is 0 Å². The highest BCUT2D eigenvalue weighted by Gasteiger charge is 2.12. The quantitative estimate of drug-likeness (QED) is 0.627. The summed E-state index contributed by atoms with van der Waals surface area (Å²) in [6, 6.07) is 10.0. The maximum Gasteiger partial charge on any atom is 0.255 e. The molecule has 3 nitrogen and oxygen atoms in total. The molecule has 0 aliphatic carbocycles. The number of benzene rings is 2. The van der Waals surface area contributed by atoms with Gasteiger partial charge >= 0.3 is 0 Å². The molecule has 0 bridgehead atoms. The van der Waals surface area contributed by atoms with Crippen LogP contribution < -0.4 is 11.1 Å². The van der Waals surface area contributed by atoms with Crippen LogP contribution in [0.1, 0.15) is 15.9 Å². The third kappa shape index (κ3) is 3.04. The Kier molecular flexibility index (Phi) is 4.04. The molecular weight excluding hydrogens is 358 g/mol. The first-order valence-electron chi connectivity index (χ1n) is 5.60. The summed E-state index contributed by atoms with van der Waals surface area (Å²) in [5.74, 6) is -0.859. The topological polar surface area (TPSA) is 55.1 Å². The van der Waals surface area contributed by atoms with Gasteiger partial charge in [0.05, 0.1) is 5.69 Å². The molecule has 0 spiro atoms. The minimum atomic E-state index is -0.479. The number of hydrogen-bond donors (Lipinski definition) is 2. The molecule has 19 heavy (non-hydrogen) atoms. The van der Waals surface area contributed by atoms with Crippen LogP contribution >= 0.6 is 22.6 Å². The van der Waals surface area contributed by atoms with E-state index in [1.807, 2.05) is 18.2 Å². The average Bonchev–Trinajstić information content (AvgIpc) is 2.38. The lowest BCUT2D eigenvalue weighted by Gasteiger charge is -2.09. The van der Waals surface area contributed by atoms with Crippen LogP contribution in [0.25, 0.3) is 0 Å². The van der Waals surface area contributed by atoms with E-state index in [1.165, 1.54) is 12.1 Å². The third-order valence-electron chi connectivity index (χ3n) is 2.77. The molecule has 0 radical (unpaired) electrons. The van der Waals surface area contributed by atoms with Gasteiger partial charge in [-0.25, -0.2) is 4.39 Å². The van der Waals surface area contributed by atoms with E-state index in [1.54, 1.807) is 13.0 Å². The number of carbonyl (C=O) groups excluding carboxylic acids is 1. The molecule has 2 aromatic rings. The van der Waals surface area contributed by atoms with Gasteiger partial charge in [0.1, 0.15) is 5.82 Å². The third-order valence-corrected chi connectivity index (χ3v) is 3.71. The zero-order valence-electron chi connectivity index (χ0n) is 10.2. The van der Waals surface area contributed by atoms with E-state index in [2.05, 4.69) is 27.9 Å². The van der Waals surface area contributed by atoms with Gasteiger partial charge in [0.15, 0.2) is 0 Å². The van der Waals surface area contributed by atoms with Gasteiger partial charge < -0.3 is 11.1 Å². The van der Waals surface area contributed by atoms with Crippen molar-refractivity contribution < 1.29 is 9.18 Å². The van der Waals surface area contributed by atoms with Crippen molar-refractivity contribution in [3.05, 3.63) is 56.9 Å². The maximum absolute atomic E-state index is 13.6. The summed E-state index contributed by atoms with van der Waals surface area (Å²) >= 11 is 2.12. The first kappa shape index (κ1) is 13.8. The van der Waals surface area contributed by atoms with E-state index in [-0.39, 0.29) is 17.2 Å². The number of anilines is 2. The molecule has 0 aliphatic rings. The second-order valence-electron chi connectivity index (χ2n) is 4.11. The predicted molar refractivity (Wildman–Crippen MR) is 82.7 cm³/mol. The number of nitrogens with one attached hydrogen (secondary N) is 1. The molecule has 0 atom stereocenters. The van der Waals surface area contributed by atoms with Crippen molar-refractivity contribution in [2.24, 2.45) is 0 Å². The number of amides is 1. The summed E-state index contributed by atoms with van der Waals surface area (Å²) in [6.45, 7) is 1.58. The Labute approximate surface area is 124 Å². The lowest BCUT2D eigenvalue weighted by Crippen LogP contribution is -2.14. The minimum absolute atomic E-state index is 0.209. The van der Waals surface area contributed by atoms with E-state index in [0.717, 1.165) is 3.57 Å². The SMILES string of the molecule is Cc1c(N)cc(C(=O)Nc2ccccc2I)cc1F. The lowest BCUT2D eigenvalue weighted by molar-refractivity contribution is 0.102. The first-order chi connectivity index (χ1) is 8.99. The fourth-order valence-electron chi connectivity index (χ4n) is 1.59. The molecule has 0 aliphatic heterocycles. The molecule has 2 aromatic carbocycles. The van der Waals surface area contributed by atoms with Crippen LogP contribution in [0, 0.1) is 16.3 Å². The zero-order chi connectivity index (χ0) is 14.0. The van der Waals surface area contributed by atoms with Crippen LogP contribution in [-0.4, -0.2) is 5.91 Å². The zero-order valence-corrected chi connectivity index (χ0v) is 12.4. The van der Waals surface area contributed by atoms with Gasteiger partial charge in [-0.15, -0.1) is 0 Å². The highest BCUT2D eigenvalue weighted by Crippen LogP contribution is 2.21. The lowest BCUT2D eigenvalue weighted by atomic mass is 10.1. The molecule has 0 fully saturated rings. The Bertz CT molecular complexity index is 620. The Morgan fingerprint density at radius 1 is 1.32 bits per heavy atom. The Balaban J connectivity index is 2.28. The van der Waals surface area contributed by atoms with Crippen LogP contribution in [-0.2, 0) is 0 Å². The number of para-hydroxylation sites is 1. The number of halogens is 2. The Morgan fingerprint density at radius 3 is 2.63 bits per heavy atom. The summed E-state index contributed by atoms with van der Waals surface area (Å²) < 4.78 is 14.5. The Morgan fingerprint density at radius 2 is 2.00 bits per heavy atom. The standard InChI is InChI=1S/C14H12FIN2O/c1-8-10(15)6-9(7-12(8)17)14(19)18-13-5-3-2-4-11(13)16/h2-7H,17H2,1H3,(H,18,19). The van der Waals surface area contributed by atoms with Crippen molar-refractivity contribution in [2.45, 2.75) is 6.92 Å². The molecule has 5 heteroatoms. The van der Waals surface area contributed by atoms with Crippen molar-refractivity contribution in [1.82, 2.24) is 0 Å². The van der Waals surface area contributed by atoms with Crippen LogP contribution in [0.4, 0.5) is 15.8 Å². The Hall–Kier alpha value is -1.63. The molecule has 0 aromatic heterocycles. The van der Waals surface area contributed by atoms with Crippen LogP contribution in [0.5, 0.6) is 0 Å². The largest absolute Gasteiger partial charge is 0.398 e. The van der Waals surface area contributed by atoms with Gasteiger partial charge in [-0.05, 0) is 53.8 Å². The van der Waals surface area contributed by atoms with Crippen LogP contribution in [0.15, 0.2) is 36.4 Å². The molecular formula is C14H12FIN2O. The first-order valence-corrected chi connectivity index (χ1v) is 6.68. The molecule has 98 valence electrons.